The standard InChI is InChI=1S/C20H24FN3O3S2/c21-15-7-5-14(6-8-15)18-11-22-20(23-18)28-12-19(25)24(16-3-1-2-4-16)17-9-10-29(26,27)13-17/h5-8,11,16-17H,1-4,9-10,12-13H2,(H,22,23). The van der Waals surface area contributed by atoms with Crippen LogP contribution < -0.4 is 0 Å². The molecule has 2 heterocycles. The van der Waals surface area contributed by atoms with Gasteiger partial charge in [0.15, 0.2) is 15.0 Å². The van der Waals surface area contributed by atoms with Gasteiger partial charge in [0.05, 0.1) is 29.1 Å². The summed E-state index contributed by atoms with van der Waals surface area (Å²) >= 11 is 1.31. The average molecular weight is 438 g/mol. The van der Waals surface area contributed by atoms with E-state index in [9.17, 15) is 17.6 Å². The summed E-state index contributed by atoms with van der Waals surface area (Å²) in [6, 6.07) is 6.06. The third-order valence-electron chi connectivity index (χ3n) is 5.65. The Balaban J connectivity index is 1.42. The van der Waals surface area contributed by atoms with E-state index < -0.39 is 9.84 Å². The third kappa shape index (κ3) is 4.83. The van der Waals surface area contributed by atoms with E-state index in [1.54, 1.807) is 18.3 Å². The van der Waals surface area contributed by atoms with Crippen LogP contribution in [0.1, 0.15) is 32.1 Å². The summed E-state index contributed by atoms with van der Waals surface area (Å²) in [6.45, 7) is 0. The van der Waals surface area contributed by atoms with Gasteiger partial charge in [-0.05, 0) is 49.1 Å². The first-order valence-electron chi connectivity index (χ1n) is 9.86. The maximum Gasteiger partial charge on any atom is 0.233 e. The number of rotatable bonds is 6. The Kier molecular flexibility index (Phi) is 5.96. The van der Waals surface area contributed by atoms with Crippen molar-refractivity contribution < 1.29 is 17.6 Å². The number of nitrogens with one attached hydrogen (secondary N) is 1. The van der Waals surface area contributed by atoms with Gasteiger partial charge in [-0.3, -0.25) is 4.79 Å². The zero-order valence-electron chi connectivity index (χ0n) is 16.0. The number of nitrogens with zero attached hydrogens (tertiary/aromatic N) is 2. The number of amides is 1. The molecule has 1 aliphatic heterocycles. The Morgan fingerprint density at radius 2 is 1.90 bits per heavy atom. The van der Waals surface area contributed by atoms with Gasteiger partial charge in [-0.1, -0.05) is 24.6 Å². The smallest absolute Gasteiger partial charge is 0.233 e. The minimum absolute atomic E-state index is 0.0243. The molecule has 1 saturated heterocycles. The van der Waals surface area contributed by atoms with Crippen LogP contribution in [0.2, 0.25) is 0 Å². The highest BCUT2D eigenvalue weighted by atomic mass is 32.2. The normalized spacial score (nSPS) is 21.5. The molecule has 1 amide bonds. The van der Waals surface area contributed by atoms with E-state index in [4.69, 9.17) is 0 Å². The van der Waals surface area contributed by atoms with Gasteiger partial charge in [-0.15, -0.1) is 0 Å². The minimum atomic E-state index is -3.05. The maximum absolute atomic E-state index is 13.1. The SMILES string of the molecule is O=C(CSc1ncc(-c2ccc(F)cc2)[nH]1)N(C1CCCC1)C1CCS(=O)(=O)C1. The van der Waals surface area contributed by atoms with Gasteiger partial charge in [0, 0.05) is 12.1 Å². The van der Waals surface area contributed by atoms with Crippen molar-refractivity contribution in [3.05, 3.63) is 36.3 Å². The molecule has 0 bridgehead atoms. The predicted molar refractivity (Wildman–Crippen MR) is 111 cm³/mol. The molecule has 1 N–H and O–H groups in total. The van der Waals surface area contributed by atoms with Crippen LogP contribution in [0.15, 0.2) is 35.6 Å². The Bertz CT molecular complexity index is 969. The van der Waals surface area contributed by atoms with Gasteiger partial charge in [0.2, 0.25) is 5.91 Å². The third-order valence-corrected chi connectivity index (χ3v) is 8.27. The topological polar surface area (TPSA) is 83.1 Å². The summed E-state index contributed by atoms with van der Waals surface area (Å²) in [5, 5.41) is 0.614. The van der Waals surface area contributed by atoms with Crippen molar-refractivity contribution >= 4 is 27.5 Å². The molecule has 1 saturated carbocycles. The molecule has 0 spiro atoms. The lowest BCUT2D eigenvalue weighted by atomic mass is 10.1. The minimum Gasteiger partial charge on any atom is -0.335 e. The van der Waals surface area contributed by atoms with Gasteiger partial charge >= 0.3 is 0 Å². The number of aromatic amines is 1. The molecule has 1 aromatic heterocycles. The Morgan fingerprint density at radius 1 is 1.17 bits per heavy atom. The first-order chi connectivity index (χ1) is 13.9. The average Bonchev–Trinajstić information content (AvgIpc) is 3.43. The highest BCUT2D eigenvalue weighted by molar-refractivity contribution is 7.99. The van der Waals surface area contributed by atoms with Crippen molar-refractivity contribution in [2.24, 2.45) is 0 Å². The zero-order valence-corrected chi connectivity index (χ0v) is 17.6. The van der Waals surface area contributed by atoms with Crippen LogP contribution in [0.5, 0.6) is 0 Å². The molecule has 0 radical (unpaired) electrons. The number of benzene rings is 1. The van der Waals surface area contributed by atoms with Crippen LogP contribution in [0.25, 0.3) is 11.3 Å². The van der Waals surface area contributed by atoms with Crippen LogP contribution in [-0.2, 0) is 14.6 Å². The zero-order chi connectivity index (χ0) is 20.4. The van der Waals surface area contributed by atoms with E-state index in [1.165, 1.54) is 23.9 Å². The number of aromatic nitrogens is 2. The van der Waals surface area contributed by atoms with E-state index in [2.05, 4.69) is 9.97 Å². The maximum atomic E-state index is 13.1. The number of carbonyl (C=O) groups is 1. The van der Waals surface area contributed by atoms with Crippen LogP contribution in [0.3, 0.4) is 0 Å². The van der Waals surface area contributed by atoms with Crippen molar-refractivity contribution in [1.82, 2.24) is 14.9 Å². The highest BCUT2D eigenvalue weighted by Gasteiger charge is 2.38. The fourth-order valence-corrected chi connectivity index (χ4v) is 6.67. The summed E-state index contributed by atoms with van der Waals surface area (Å²) in [7, 11) is -3.05. The van der Waals surface area contributed by atoms with Crippen LogP contribution in [0, 0.1) is 5.82 Å². The Hall–Kier alpha value is -1.87. The van der Waals surface area contributed by atoms with Crippen molar-refractivity contribution in [2.75, 3.05) is 17.3 Å². The molecule has 1 atom stereocenters. The van der Waals surface area contributed by atoms with Crippen LogP contribution in [-0.4, -0.2) is 58.5 Å². The molecular formula is C20H24FN3O3S2. The second-order valence-corrected chi connectivity index (χ2v) is 10.9. The highest BCUT2D eigenvalue weighted by Crippen LogP contribution is 2.30. The van der Waals surface area contributed by atoms with Crippen molar-refractivity contribution in [1.29, 1.82) is 0 Å². The van der Waals surface area contributed by atoms with E-state index >= 15 is 0 Å². The largest absolute Gasteiger partial charge is 0.335 e. The number of halogens is 1. The van der Waals surface area contributed by atoms with Gasteiger partial charge in [0.1, 0.15) is 5.82 Å². The van der Waals surface area contributed by atoms with Crippen molar-refractivity contribution in [3.8, 4) is 11.3 Å². The van der Waals surface area contributed by atoms with E-state index in [0.717, 1.165) is 36.9 Å². The second kappa shape index (κ2) is 8.47. The molecule has 2 fully saturated rings. The molecule has 2 aliphatic rings. The fraction of sp³-hybridized carbons (Fsp3) is 0.500. The van der Waals surface area contributed by atoms with E-state index in [-0.39, 0.29) is 41.1 Å². The summed E-state index contributed by atoms with van der Waals surface area (Å²) in [4.78, 5) is 22.4. The Morgan fingerprint density at radius 3 is 2.55 bits per heavy atom. The molecule has 4 rings (SSSR count). The molecule has 2 aromatic rings. The molecule has 29 heavy (non-hydrogen) atoms. The molecule has 9 heteroatoms. The number of imidazole rings is 1. The lowest BCUT2D eigenvalue weighted by molar-refractivity contribution is -0.132. The van der Waals surface area contributed by atoms with Gasteiger partial charge in [0.25, 0.3) is 0 Å². The fourth-order valence-electron chi connectivity index (χ4n) is 4.24. The predicted octanol–water partition coefficient (Wildman–Crippen LogP) is 3.27. The monoisotopic (exact) mass is 437 g/mol. The summed E-state index contributed by atoms with van der Waals surface area (Å²) in [5.74, 6) is 0.136. The summed E-state index contributed by atoms with van der Waals surface area (Å²) < 4.78 is 37.0. The van der Waals surface area contributed by atoms with Crippen LogP contribution in [0.4, 0.5) is 4.39 Å². The number of carbonyl (C=O) groups excluding carboxylic acids is 1. The molecule has 1 aromatic carbocycles. The molecule has 1 aliphatic carbocycles. The quantitative estimate of drug-likeness (QED) is 0.702. The van der Waals surface area contributed by atoms with Gasteiger partial charge < -0.3 is 9.88 Å². The van der Waals surface area contributed by atoms with Crippen molar-refractivity contribution in [3.63, 3.8) is 0 Å². The van der Waals surface area contributed by atoms with Crippen molar-refractivity contribution in [2.45, 2.75) is 49.3 Å². The number of hydrogen-bond donors (Lipinski definition) is 1. The first kappa shape index (κ1) is 20.4. The van der Waals surface area contributed by atoms with Crippen LogP contribution >= 0.6 is 11.8 Å². The van der Waals surface area contributed by atoms with E-state index in [1.807, 2.05) is 4.90 Å². The second-order valence-electron chi connectivity index (χ2n) is 7.69. The number of H-pyrrole nitrogens is 1. The lowest BCUT2D eigenvalue weighted by Crippen LogP contribution is -2.47. The number of hydrogen-bond acceptors (Lipinski definition) is 5. The van der Waals surface area contributed by atoms with E-state index in [0.29, 0.717) is 11.6 Å². The number of sulfone groups is 1. The molecular weight excluding hydrogens is 413 g/mol. The Labute approximate surface area is 174 Å². The molecule has 156 valence electrons. The van der Waals surface area contributed by atoms with Gasteiger partial charge in [-0.25, -0.2) is 17.8 Å². The molecule has 6 nitrogen and oxygen atoms in total. The lowest BCUT2D eigenvalue weighted by Gasteiger charge is -2.34. The first-order valence-corrected chi connectivity index (χ1v) is 12.7. The number of thioether (sulfide) groups is 1. The van der Waals surface area contributed by atoms with Gasteiger partial charge in [-0.2, -0.15) is 0 Å². The summed E-state index contributed by atoms with van der Waals surface area (Å²) in [5.41, 5.74) is 1.58. The summed E-state index contributed by atoms with van der Waals surface area (Å²) in [6.07, 6.45) is 6.26. The molecule has 1 unspecified atom stereocenters.